The molecule has 3 rings (SSSR count). The van der Waals surface area contributed by atoms with E-state index in [4.69, 9.17) is 0 Å². The lowest BCUT2D eigenvalue weighted by Gasteiger charge is -2.10. The van der Waals surface area contributed by atoms with E-state index in [0.29, 0.717) is 0 Å². The van der Waals surface area contributed by atoms with Gasteiger partial charge in [0.05, 0.1) is 0 Å². The van der Waals surface area contributed by atoms with Crippen molar-refractivity contribution in [1.29, 1.82) is 0 Å². The minimum absolute atomic E-state index is 0.744. The second-order valence-electron chi connectivity index (χ2n) is 4.72. The van der Waals surface area contributed by atoms with Crippen molar-refractivity contribution in [3.8, 4) is 0 Å². The van der Waals surface area contributed by atoms with Crippen molar-refractivity contribution in [3.05, 3.63) is 36.0 Å². The molecule has 1 aliphatic carbocycles. The van der Waals surface area contributed by atoms with E-state index in [1.165, 1.54) is 42.1 Å². The summed E-state index contributed by atoms with van der Waals surface area (Å²) in [6, 6.07) is 9.25. The molecule has 0 aliphatic heterocycles. The minimum Gasteiger partial charge on any atom is -0.361 e. The van der Waals surface area contributed by atoms with Crippen LogP contribution in [0.3, 0.4) is 0 Å². The molecule has 2 heteroatoms. The number of fused-ring (bicyclic) bond motifs is 1. The lowest BCUT2D eigenvalue weighted by Crippen LogP contribution is -2.25. The monoisotopic (exact) mass is 214 g/mol. The molecule has 0 bridgehead atoms. The number of hydrogen-bond acceptors (Lipinski definition) is 1. The number of aromatic amines is 1. The molecule has 0 amide bonds. The van der Waals surface area contributed by atoms with Crippen molar-refractivity contribution in [2.75, 3.05) is 0 Å². The van der Waals surface area contributed by atoms with E-state index in [-0.39, 0.29) is 0 Å². The highest BCUT2D eigenvalue weighted by atomic mass is 14.9. The maximum atomic E-state index is 3.66. The van der Waals surface area contributed by atoms with Gasteiger partial charge in [0.1, 0.15) is 0 Å². The van der Waals surface area contributed by atoms with Crippen molar-refractivity contribution in [1.82, 2.24) is 10.3 Å². The topological polar surface area (TPSA) is 27.8 Å². The average Bonchev–Trinajstić information content (AvgIpc) is 2.96. The summed E-state index contributed by atoms with van der Waals surface area (Å²) in [5.74, 6) is 0. The highest BCUT2D eigenvalue weighted by Gasteiger charge is 2.14. The maximum absolute atomic E-state index is 3.66. The first-order valence-corrected chi connectivity index (χ1v) is 6.22. The van der Waals surface area contributed by atoms with E-state index in [1.807, 2.05) is 0 Å². The van der Waals surface area contributed by atoms with Crippen LogP contribution in [-0.2, 0) is 6.54 Å². The largest absolute Gasteiger partial charge is 0.361 e. The number of H-pyrrole nitrogens is 1. The Labute approximate surface area is 96.1 Å². The van der Waals surface area contributed by atoms with Crippen LogP contribution in [0, 0.1) is 0 Å². The summed E-state index contributed by atoms with van der Waals surface area (Å²) in [5, 5.41) is 5.01. The standard InChI is InChI=1S/C14H18N2/c1-2-6-12(5-1)15-9-11-10-16-14-8-4-3-7-13(11)14/h3-4,7-8,10,12,15-16H,1-2,5-6,9H2. The third kappa shape index (κ3) is 1.85. The van der Waals surface area contributed by atoms with E-state index in [2.05, 4.69) is 40.8 Å². The third-order valence-electron chi connectivity index (χ3n) is 3.61. The lowest BCUT2D eigenvalue weighted by molar-refractivity contribution is 0.525. The van der Waals surface area contributed by atoms with E-state index in [9.17, 15) is 0 Å². The van der Waals surface area contributed by atoms with Gasteiger partial charge in [0.25, 0.3) is 0 Å². The second-order valence-corrected chi connectivity index (χ2v) is 4.72. The fraction of sp³-hybridized carbons (Fsp3) is 0.429. The number of para-hydroxylation sites is 1. The molecule has 2 nitrogen and oxygen atoms in total. The number of benzene rings is 1. The van der Waals surface area contributed by atoms with E-state index < -0.39 is 0 Å². The first kappa shape index (κ1) is 9.91. The van der Waals surface area contributed by atoms with Gasteiger partial charge in [-0.25, -0.2) is 0 Å². The van der Waals surface area contributed by atoms with Crippen LogP contribution in [0.1, 0.15) is 31.2 Å². The molecule has 2 aromatic rings. The van der Waals surface area contributed by atoms with Crippen LogP contribution in [-0.4, -0.2) is 11.0 Å². The van der Waals surface area contributed by atoms with Crippen LogP contribution in [0.25, 0.3) is 10.9 Å². The van der Waals surface area contributed by atoms with Gasteiger partial charge in [-0.3, -0.25) is 0 Å². The smallest absolute Gasteiger partial charge is 0.0457 e. The summed E-state index contributed by atoms with van der Waals surface area (Å²) in [6.45, 7) is 0.995. The van der Waals surface area contributed by atoms with Crippen LogP contribution in [0.5, 0.6) is 0 Å². The average molecular weight is 214 g/mol. The highest BCUT2D eigenvalue weighted by Crippen LogP contribution is 2.20. The summed E-state index contributed by atoms with van der Waals surface area (Å²) in [4.78, 5) is 3.32. The summed E-state index contributed by atoms with van der Waals surface area (Å²) in [7, 11) is 0. The van der Waals surface area contributed by atoms with Gasteiger partial charge in [0, 0.05) is 29.7 Å². The molecule has 84 valence electrons. The SMILES string of the molecule is c1ccc2c(CNC3CCCC3)c[nH]c2c1. The molecule has 1 saturated carbocycles. The van der Waals surface area contributed by atoms with Crippen molar-refractivity contribution in [2.45, 2.75) is 38.3 Å². The molecule has 16 heavy (non-hydrogen) atoms. The van der Waals surface area contributed by atoms with Gasteiger partial charge < -0.3 is 10.3 Å². The molecule has 1 heterocycles. The second kappa shape index (κ2) is 4.30. The maximum Gasteiger partial charge on any atom is 0.0457 e. The van der Waals surface area contributed by atoms with Gasteiger partial charge >= 0.3 is 0 Å². The molecular weight excluding hydrogens is 196 g/mol. The quantitative estimate of drug-likeness (QED) is 0.806. The predicted molar refractivity (Wildman–Crippen MR) is 67.4 cm³/mol. The first-order chi connectivity index (χ1) is 7.93. The zero-order chi connectivity index (χ0) is 10.8. The molecule has 1 aromatic carbocycles. The number of aromatic nitrogens is 1. The number of hydrogen-bond donors (Lipinski definition) is 2. The third-order valence-corrected chi connectivity index (χ3v) is 3.61. The van der Waals surface area contributed by atoms with Crippen LogP contribution in [0.15, 0.2) is 30.5 Å². The van der Waals surface area contributed by atoms with Crippen molar-refractivity contribution in [3.63, 3.8) is 0 Å². The van der Waals surface area contributed by atoms with Gasteiger partial charge in [-0.15, -0.1) is 0 Å². The Bertz CT molecular complexity index is 466. The van der Waals surface area contributed by atoms with E-state index in [0.717, 1.165) is 12.6 Å². The predicted octanol–water partition coefficient (Wildman–Crippen LogP) is 3.20. The lowest BCUT2D eigenvalue weighted by atomic mass is 10.1. The highest BCUT2D eigenvalue weighted by molar-refractivity contribution is 5.82. The van der Waals surface area contributed by atoms with E-state index >= 15 is 0 Å². The first-order valence-electron chi connectivity index (χ1n) is 6.22. The van der Waals surface area contributed by atoms with Crippen LogP contribution in [0.2, 0.25) is 0 Å². The Hall–Kier alpha value is -1.28. The Balaban J connectivity index is 1.73. The Morgan fingerprint density at radius 2 is 2.00 bits per heavy atom. The molecule has 1 aromatic heterocycles. The molecule has 1 fully saturated rings. The van der Waals surface area contributed by atoms with Gasteiger partial charge in [-0.2, -0.15) is 0 Å². The summed E-state index contributed by atoms with van der Waals surface area (Å²) < 4.78 is 0. The molecule has 0 unspecified atom stereocenters. The Morgan fingerprint density at radius 3 is 2.88 bits per heavy atom. The molecular formula is C14H18N2. The zero-order valence-electron chi connectivity index (χ0n) is 9.50. The molecule has 1 aliphatic rings. The fourth-order valence-corrected chi connectivity index (χ4v) is 2.66. The van der Waals surface area contributed by atoms with Gasteiger partial charge in [-0.05, 0) is 24.5 Å². The minimum atomic E-state index is 0.744. The molecule has 0 spiro atoms. The van der Waals surface area contributed by atoms with Crippen molar-refractivity contribution < 1.29 is 0 Å². The summed E-state index contributed by atoms with van der Waals surface area (Å²) in [6.07, 6.45) is 7.62. The normalized spacial score (nSPS) is 17.2. The molecule has 0 radical (unpaired) electrons. The summed E-state index contributed by atoms with van der Waals surface area (Å²) in [5.41, 5.74) is 2.63. The van der Waals surface area contributed by atoms with Crippen molar-refractivity contribution >= 4 is 10.9 Å². The number of nitrogens with one attached hydrogen (secondary N) is 2. The zero-order valence-corrected chi connectivity index (χ0v) is 9.50. The van der Waals surface area contributed by atoms with Gasteiger partial charge in [0.2, 0.25) is 0 Å². The molecule has 2 N–H and O–H groups in total. The summed E-state index contributed by atoms with van der Waals surface area (Å²) >= 11 is 0. The Kier molecular flexibility index (Phi) is 2.66. The molecule has 0 atom stereocenters. The van der Waals surface area contributed by atoms with Gasteiger partial charge in [-0.1, -0.05) is 31.0 Å². The van der Waals surface area contributed by atoms with Crippen molar-refractivity contribution in [2.24, 2.45) is 0 Å². The fourth-order valence-electron chi connectivity index (χ4n) is 2.66. The number of rotatable bonds is 3. The van der Waals surface area contributed by atoms with Gasteiger partial charge in [0.15, 0.2) is 0 Å². The van der Waals surface area contributed by atoms with Crippen LogP contribution in [0.4, 0.5) is 0 Å². The van der Waals surface area contributed by atoms with E-state index in [1.54, 1.807) is 0 Å². The van der Waals surface area contributed by atoms with Crippen LogP contribution < -0.4 is 5.32 Å². The molecule has 0 saturated heterocycles. The van der Waals surface area contributed by atoms with Crippen LogP contribution >= 0.6 is 0 Å². The Morgan fingerprint density at radius 1 is 1.19 bits per heavy atom.